The number of ether oxygens (including phenoxy) is 1. The fraction of sp³-hybridized carbons (Fsp3) is 0.571. The SMILES string of the molecule is N[C@@H](c1cc(OC(F)(F)F)ccc1F)C1CCCCC1. The van der Waals surface area contributed by atoms with Gasteiger partial charge in [-0.2, -0.15) is 0 Å². The predicted octanol–water partition coefficient (Wildman–Crippen LogP) is 4.30. The molecule has 20 heavy (non-hydrogen) atoms. The molecule has 112 valence electrons. The van der Waals surface area contributed by atoms with Crippen molar-refractivity contribution >= 4 is 0 Å². The van der Waals surface area contributed by atoms with E-state index in [1.807, 2.05) is 0 Å². The van der Waals surface area contributed by atoms with E-state index in [0.29, 0.717) is 0 Å². The van der Waals surface area contributed by atoms with Gasteiger partial charge in [0.1, 0.15) is 11.6 Å². The Balaban J connectivity index is 2.18. The Morgan fingerprint density at radius 3 is 2.40 bits per heavy atom. The van der Waals surface area contributed by atoms with Gasteiger partial charge in [0.15, 0.2) is 0 Å². The fourth-order valence-electron chi connectivity index (χ4n) is 2.72. The summed E-state index contributed by atoms with van der Waals surface area (Å²) in [5, 5.41) is 0. The van der Waals surface area contributed by atoms with Crippen molar-refractivity contribution in [3.05, 3.63) is 29.6 Å². The fourth-order valence-corrected chi connectivity index (χ4v) is 2.72. The summed E-state index contributed by atoms with van der Waals surface area (Å²) in [5.74, 6) is -0.905. The van der Waals surface area contributed by atoms with Crippen LogP contribution in [0.3, 0.4) is 0 Å². The van der Waals surface area contributed by atoms with Gasteiger partial charge in [-0.15, -0.1) is 13.2 Å². The number of rotatable bonds is 3. The van der Waals surface area contributed by atoms with Gasteiger partial charge < -0.3 is 10.5 Å². The highest BCUT2D eigenvalue weighted by Crippen LogP contribution is 2.35. The molecule has 1 atom stereocenters. The van der Waals surface area contributed by atoms with Gasteiger partial charge in [-0.3, -0.25) is 0 Å². The zero-order valence-electron chi connectivity index (χ0n) is 10.9. The third-order valence-corrected chi connectivity index (χ3v) is 3.72. The first-order chi connectivity index (χ1) is 9.37. The Bertz CT molecular complexity index is 455. The second-order valence-electron chi connectivity index (χ2n) is 5.15. The first-order valence-corrected chi connectivity index (χ1v) is 6.67. The lowest BCUT2D eigenvalue weighted by Gasteiger charge is -2.28. The normalized spacial score (nSPS) is 18.9. The maximum Gasteiger partial charge on any atom is 0.573 e. The second kappa shape index (κ2) is 5.99. The van der Waals surface area contributed by atoms with Gasteiger partial charge in [0.25, 0.3) is 0 Å². The molecule has 0 aliphatic heterocycles. The van der Waals surface area contributed by atoms with E-state index in [0.717, 1.165) is 50.3 Å². The highest BCUT2D eigenvalue weighted by atomic mass is 19.4. The van der Waals surface area contributed by atoms with E-state index in [1.54, 1.807) is 0 Å². The quantitative estimate of drug-likeness (QED) is 0.842. The van der Waals surface area contributed by atoms with Crippen LogP contribution in [0.5, 0.6) is 5.75 Å². The minimum Gasteiger partial charge on any atom is -0.406 e. The monoisotopic (exact) mass is 291 g/mol. The van der Waals surface area contributed by atoms with Crippen LogP contribution in [0.25, 0.3) is 0 Å². The Morgan fingerprint density at radius 1 is 1.15 bits per heavy atom. The largest absolute Gasteiger partial charge is 0.573 e. The Kier molecular flexibility index (Phi) is 4.52. The molecule has 0 saturated heterocycles. The maximum atomic E-state index is 13.8. The van der Waals surface area contributed by atoms with Gasteiger partial charge in [-0.1, -0.05) is 19.3 Å². The molecule has 1 aliphatic carbocycles. The van der Waals surface area contributed by atoms with Gasteiger partial charge in [0.2, 0.25) is 0 Å². The number of benzene rings is 1. The summed E-state index contributed by atoms with van der Waals surface area (Å²) in [4.78, 5) is 0. The summed E-state index contributed by atoms with van der Waals surface area (Å²) < 4.78 is 54.2. The van der Waals surface area contributed by atoms with Crippen molar-refractivity contribution in [2.45, 2.75) is 44.5 Å². The number of halogens is 4. The molecule has 0 radical (unpaired) electrons. The molecular formula is C14H17F4NO. The minimum atomic E-state index is -4.79. The zero-order valence-corrected chi connectivity index (χ0v) is 10.9. The molecule has 6 heteroatoms. The van der Waals surface area contributed by atoms with Crippen LogP contribution in [0, 0.1) is 11.7 Å². The van der Waals surface area contributed by atoms with Crippen molar-refractivity contribution < 1.29 is 22.3 Å². The summed E-state index contributed by atoms with van der Waals surface area (Å²) in [6, 6.07) is 2.40. The van der Waals surface area contributed by atoms with Crippen LogP contribution < -0.4 is 10.5 Å². The van der Waals surface area contributed by atoms with Crippen molar-refractivity contribution in [3.63, 3.8) is 0 Å². The number of nitrogens with two attached hydrogens (primary N) is 1. The van der Waals surface area contributed by atoms with Crippen LogP contribution in [0.4, 0.5) is 17.6 Å². The summed E-state index contributed by atoms with van der Waals surface area (Å²) in [6.45, 7) is 0. The Morgan fingerprint density at radius 2 is 1.80 bits per heavy atom. The number of hydrogen-bond acceptors (Lipinski definition) is 2. The molecule has 0 spiro atoms. The molecule has 2 N–H and O–H groups in total. The van der Waals surface area contributed by atoms with Gasteiger partial charge in [-0.25, -0.2) is 4.39 Å². The van der Waals surface area contributed by atoms with Crippen LogP contribution in [-0.4, -0.2) is 6.36 Å². The summed E-state index contributed by atoms with van der Waals surface area (Å²) in [6.07, 6.45) is 0.153. The van der Waals surface area contributed by atoms with E-state index in [9.17, 15) is 17.6 Å². The average Bonchev–Trinajstić information content (AvgIpc) is 2.40. The van der Waals surface area contributed by atoms with Gasteiger partial charge in [0.05, 0.1) is 0 Å². The highest BCUT2D eigenvalue weighted by Gasteiger charge is 2.32. The van der Waals surface area contributed by atoms with Crippen molar-refractivity contribution in [1.82, 2.24) is 0 Å². The van der Waals surface area contributed by atoms with Crippen LogP contribution >= 0.6 is 0 Å². The standard InChI is InChI=1S/C14H17F4NO/c15-12-7-6-10(20-14(16,17)18)8-11(12)13(19)9-4-2-1-3-5-9/h6-9,13H,1-5,19H2/t13-/m1/s1. The molecule has 0 unspecified atom stereocenters. The Hall–Kier alpha value is -1.30. The molecule has 0 bridgehead atoms. The van der Waals surface area contributed by atoms with Gasteiger partial charge >= 0.3 is 6.36 Å². The molecule has 2 rings (SSSR count). The summed E-state index contributed by atoms with van der Waals surface area (Å²) in [7, 11) is 0. The third kappa shape index (κ3) is 3.85. The van der Waals surface area contributed by atoms with Crippen molar-refractivity contribution in [1.29, 1.82) is 0 Å². The average molecular weight is 291 g/mol. The smallest absolute Gasteiger partial charge is 0.406 e. The number of alkyl halides is 3. The molecule has 0 aromatic heterocycles. The van der Waals surface area contributed by atoms with Crippen molar-refractivity contribution in [2.75, 3.05) is 0 Å². The predicted molar refractivity (Wildman–Crippen MR) is 66.6 cm³/mol. The van der Waals surface area contributed by atoms with Crippen LogP contribution in [-0.2, 0) is 0 Å². The van der Waals surface area contributed by atoms with Crippen molar-refractivity contribution in [3.8, 4) is 5.75 Å². The molecule has 0 heterocycles. The van der Waals surface area contributed by atoms with E-state index in [-0.39, 0.29) is 11.5 Å². The first kappa shape index (κ1) is 15.1. The maximum absolute atomic E-state index is 13.8. The highest BCUT2D eigenvalue weighted by molar-refractivity contribution is 5.32. The lowest BCUT2D eigenvalue weighted by molar-refractivity contribution is -0.274. The molecule has 1 aromatic carbocycles. The molecule has 1 aromatic rings. The first-order valence-electron chi connectivity index (χ1n) is 6.67. The van der Waals surface area contributed by atoms with Gasteiger partial charge in [0, 0.05) is 11.6 Å². The minimum absolute atomic E-state index is 0.0960. The second-order valence-corrected chi connectivity index (χ2v) is 5.15. The number of hydrogen-bond donors (Lipinski definition) is 1. The van der Waals surface area contributed by atoms with Crippen LogP contribution in [0.1, 0.15) is 43.7 Å². The molecule has 1 aliphatic rings. The van der Waals surface area contributed by atoms with E-state index in [1.165, 1.54) is 0 Å². The van der Waals surface area contributed by atoms with E-state index < -0.39 is 24.0 Å². The molecule has 0 amide bonds. The molecule has 1 fully saturated rings. The van der Waals surface area contributed by atoms with E-state index in [4.69, 9.17) is 5.73 Å². The third-order valence-electron chi connectivity index (χ3n) is 3.72. The topological polar surface area (TPSA) is 35.2 Å². The van der Waals surface area contributed by atoms with Gasteiger partial charge in [-0.05, 0) is 37.0 Å². The lowest BCUT2D eigenvalue weighted by atomic mass is 9.81. The Labute approximate surface area is 114 Å². The lowest BCUT2D eigenvalue weighted by Crippen LogP contribution is -2.25. The van der Waals surface area contributed by atoms with E-state index >= 15 is 0 Å². The molecule has 1 saturated carbocycles. The van der Waals surface area contributed by atoms with Crippen LogP contribution in [0.2, 0.25) is 0 Å². The van der Waals surface area contributed by atoms with Crippen molar-refractivity contribution in [2.24, 2.45) is 11.7 Å². The zero-order chi connectivity index (χ0) is 14.8. The molecule has 2 nitrogen and oxygen atoms in total. The summed E-state index contributed by atoms with van der Waals surface area (Å²) in [5.41, 5.74) is 6.12. The van der Waals surface area contributed by atoms with Crippen LogP contribution in [0.15, 0.2) is 18.2 Å². The summed E-state index contributed by atoms with van der Waals surface area (Å²) >= 11 is 0. The van der Waals surface area contributed by atoms with E-state index in [2.05, 4.69) is 4.74 Å². The molecular weight excluding hydrogens is 274 g/mol.